The number of nitrogen functional groups attached to an aromatic ring is 1. The minimum Gasteiger partial charge on any atom is -0.398 e. The van der Waals surface area contributed by atoms with Gasteiger partial charge in [-0.2, -0.15) is 0 Å². The van der Waals surface area contributed by atoms with Gasteiger partial charge in [0.25, 0.3) is 0 Å². The summed E-state index contributed by atoms with van der Waals surface area (Å²) in [5.74, 6) is 0.595. The Kier molecular flexibility index (Phi) is 4.39. The summed E-state index contributed by atoms with van der Waals surface area (Å²) in [7, 11) is 0. The van der Waals surface area contributed by atoms with Crippen molar-refractivity contribution in [1.82, 2.24) is 5.32 Å². The molecule has 3 heteroatoms. The molecule has 0 fully saturated rings. The first-order valence-electron chi connectivity index (χ1n) is 6.28. The molecule has 0 bridgehead atoms. The summed E-state index contributed by atoms with van der Waals surface area (Å²) in [6, 6.07) is 10.8. The molecule has 0 aliphatic carbocycles. The van der Waals surface area contributed by atoms with Crippen LogP contribution in [0.2, 0.25) is 0 Å². The van der Waals surface area contributed by atoms with E-state index in [0.29, 0.717) is 5.92 Å². The van der Waals surface area contributed by atoms with Crippen molar-refractivity contribution >= 4 is 17.0 Å². The molecule has 3 N–H and O–H groups in total. The monoisotopic (exact) mass is 260 g/mol. The van der Waals surface area contributed by atoms with E-state index in [1.807, 2.05) is 11.4 Å². The summed E-state index contributed by atoms with van der Waals surface area (Å²) in [6.07, 6.45) is 0. The van der Waals surface area contributed by atoms with Crippen molar-refractivity contribution in [3.05, 3.63) is 51.7 Å². The Morgan fingerprint density at radius 1 is 1.11 bits per heavy atom. The standard InChI is InChI=1S/C15H20N2S/c1-11(2)13-5-3-12(4-6-13)9-17-10-15-14(16)7-8-18-15/h3-8,11,17H,9-10,16H2,1-2H3. The maximum atomic E-state index is 5.84. The van der Waals surface area contributed by atoms with Gasteiger partial charge in [-0.1, -0.05) is 38.1 Å². The zero-order valence-electron chi connectivity index (χ0n) is 10.9. The van der Waals surface area contributed by atoms with Crippen LogP contribution in [0, 0.1) is 0 Å². The first kappa shape index (κ1) is 13.1. The molecule has 0 atom stereocenters. The minimum absolute atomic E-state index is 0.595. The largest absolute Gasteiger partial charge is 0.398 e. The molecule has 2 aromatic rings. The molecule has 0 aliphatic heterocycles. The van der Waals surface area contributed by atoms with Crippen LogP contribution in [0.15, 0.2) is 35.7 Å². The quantitative estimate of drug-likeness (QED) is 0.859. The zero-order chi connectivity index (χ0) is 13.0. The fourth-order valence-electron chi connectivity index (χ4n) is 1.83. The average molecular weight is 260 g/mol. The van der Waals surface area contributed by atoms with E-state index in [9.17, 15) is 0 Å². The van der Waals surface area contributed by atoms with Crippen molar-refractivity contribution in [2.75, 3.05) is 5.73 Å². The second kappa shape index (κ2) is 6.03. The van der Waals surface area contributed by atoms with E-state index in [4.69, 9.17) is 5.73 Å². The second-order valence-electron chi connectivity index (χ2n) is 4.80. The van der Waals surface area contributed by atoms with Crippen LogP contribution in [0.5, 0.6) is 0 Å². The molecule has 1 heterocycles. The van der Waals surface area contributed by atoms with Gasteiger partial charge >= 0.3 is 0 Å². The fourth-order valence-corrected chi connectivity index (χ4v) is 2.60. The molecule has 2 rings (SSSR count). The Morgan fingerprint density at radius 3 is 2.39 bits per heavy atom. The van der Waals surface area contributed by atoms with Crippen LogP contribution < -0.4 is 11.1 Å². The summed E-state index contributed by atoms with van der Waals surface area (Å²) in [4.78, 5) is 1.22. The molecule has 1 aromatic carbocycles. The van der Waals surface area contributed by atoms with E-state index in [1.54, 1.807) is 11.3 Å². The highest BCUT2D eigenvalue weighted by Gasteiger charge is 2.01. The summed E-state index contributed by atoms with van der Waals surface area (Å²) >= 11 is 1.70. The predicted octanol–water partition coefficient (Wildman–Crippen LogP) is 3.74. The number of benzene rings is 1. The van der Waals surface area contributed by atoms with Crippen molar-refractivity contribution in [2.45, 2.75) is 32.9 Å². The number of rotatable bonds is 5. The normalized spacial score (nSPS) is 11.1. The molecule has 1 aromatic heterocycles. The van der Waals surface area contributed by atoms with E-state index < -0.39 is 0 Å². The van der Waals surface area contributed by atoms with Crippen molar-refractivity contribution in [3.63, 3.8) is 0 Å². The molecule has 0 aliphatic rings. The highest BCUT2D eigenvalue weighted by atomic mass is 32.1. The number of nitrogens with two attached hydrogens (primary N) is 1. The van der Waals surface area contributed by atoms with Gasteiger partial charge in [0, 0.05) is 23.7 Å². The Morgan fingerprint density at radius 2 is 1.83 bits per heavy atom. The predicted molar refractivity (Wildman–Crippen MR) is 79.8 cm³/mol. The summed E-state index contributed by atoms with van der Waals surface area (Å²) < 4.78 is 0. The number of hydrogen-bond acceptors (Lipinski definition) is 3. The van der Waals surface area contributed by atoms with E-state index in [0.717, 1.165) is 18.8 Å². The maximum Gasteiger partial charge on any atom is 0.0468 e. The first-order valence-corrected chi connectivity index (χ1v) is 7.16. The smallest absolute Gasteiger partial charge is 0.0468 e. The second-order valence-corrected chi connectivity index (χ2v) is 5.80. The van der Waals surface area contributed by atoms with Crippen LogP contribution >= 0.6 is 11.3 Å². The molecule has 0 amide bonds. The van der Waals surface area contributed by atoms with Gasteiger partial charge in [-0.15, -0.1) is 11.3 Å². The fraction of sp³-hybridized carbons (Fsp3) is 0.333. The van der Waals surface area contributed by atoms with E-state index in [-0.39, 0.29) is 0 Å². The summed E-state index contributed by atoms with van der Waals surface area (Å²) in [5, 5.41) is 5.46. The number of thiophene rings is 1. The van der Waals surface area contributed by atoms with Gasteiger partial charge in [0.1, 0.15) is 0 Å². The maximum absolute atomic E-state index is 5.84. The Labute approximate surface area is 113 Å². The molecular formula is C15H20N2S. The SMILES string of the molecule is CC(C)c1ccc(CNCc2sccc2N)cc1. The summed E-state index contributed by atoms with van der Waals surface area (Å²) in [5.41, 5.74) is 9.44. The van der Waals surface area contributed by atoms with E-state index in [2.05, 4.69) is 43.4 Å². The Balaban J connectivity index is 1.85. The molecule has 0 saturated heterocycles. The lowest BCUT2D eigenvalue weighted by Gasteiger charge is -2.08. The van der Waals surface area contributed by atoms with Crippen LogP contribution in [0.1, 0.15) is 35.8 Å². The molecule has 2 nitrogen and oxygen atoms in total. The lowest BCUT2D eigenvalue weighted by Crippen LogP contribution is -2.12. The van der Waals surface area contributed by atoms with Crippen LogP contribution in [0.25, 0.3) is 0 Å². The first-order chi connectivity index (χ1) is 8.66. The summed E-state index contributed by atoms with van der Waals surface area (Å²) in [6.45, 7) is 6.16. The highest BCUT2D eigenvalue weighted by Crippen LogP contribution is 2.18. The van der Waals surface area contributed by atoms with Crippen molar-refractivity contribution < 1.29 is 0 Å². The lowest BCUT2D eigenvalue weighted by molar-refractivity contribution is 0.701. The number of hydrogen-bond donors (Lipinski definition) is 2. The number of anilines is 1. The number of nitrogens with one attached hydrogen (secondary N) is 1. The van der Waals surface area contributed by atoms with Crippen LogP contribution in [0.4, 0.5) is 5.69 Å². The average Bonchev–Trinajstić information content (AvgIpc) is 2.76. The minimum atomic E-state index is 0.595. The third-order valence-corrected chi connectivity index (χ3v) is 3.98. The van der Waals surface area contributed by atoms with Crippen molar-refractivity contribution in [1.29, 1.82) is 0 Å². The highest BCUT2D eigenvalue weighted by molar-refractivity contribution is 7.10. The zero-order valence-corrected chi connectivity index (χ0v) is 11.8. The topological polar surface area (TPSA) is 38.0 Å². The van der Waals surface area contributed by atoms with Gasteiger partial charge in [-0.25, -0.2) is 0 Å². The molecule has 18 heavy (non-hydrogen) atoms. The van der Waals surface area contributed by atoms with Crippen LogP contribution in [0.3, 0.4) is 0 Å². The van der Waals surface area contributed by atoms with E-state index in [1.165, 1.54) is 16.0 Å². The molecule has 0 spiro atoms. The van der Waals surface area contributed by atoms with Gasteiger partial charge < -0.3 is 11.1 Å². The van der Waals surface area contributed by atoms with Crippen LogP contribution in [-0.4, -0.2) is 0 Å². The van der Waals surface area contributed by atoms with Gasteiger partial charge in [0.2, 0.25) is 0 Å². The van der Waals surface area contributed by atoms with Gasteiger partial charge in [0.15, 0.2) is 0 Å². The lowest BCUT2D eigenvalue weighted by atomic mass is 10.0. The van der Waals surface area contributed by atoms with Gasteiger partial charge in [-0.05, 0) is 28.5 Å². The van der Waals surface area contributed by atoms with Gasteiger partial charge in [0.05, 0.1) is 0 Å². The Bertz CT molecular complexity index is 485. The van der Waals surface area contributed by atoms with E-state index >= 15 is 0 Å². The third-order valence-electron chi connectivity index (χ3n) is 3.04. The molecule has 0 saturated carbocycles. The third kappa shape index (κ3) is 3.34. The molecule has 0 radical (unpaired) electrons. The van der Waals surface area contributed by atoms with Crippen molar-refractivity contribution in [3.8, 4) is 0 Å². The Hall–Kier alpha value is -1.32. The molecule has 96 valence electrons. The molecule has 0 unspecified atom stereocenters. The van der Waals surface area contributed by atoms with Gasteiger partial charge in [-0.3, -0.25) is 0 Å². The van der Waals surface area contributed by atoms with Crippen molar-refractivity contribution in [2.24, 2.45) is 0 Å². The molecular weight excluding hydrogens is 240 g/mol. The van der Waals surface area contributed by atoms with Crippen LogP contribution in [-0.2, 0) is 13.1 Å².